The molecule has 6 heteroatoms. The quantitative estimate of drug-likeness (QED) is 0.906. The van der Waals surface area contributed by atoms with Gasteiger partial charge in [0.1, 0.15) is 0 Å². The van der Waals surface area contributed by atoms with Crippen molar-refractivity contribution in [2.45, 2.75) is 44.7 Å². The molecular weight excluding hydrogens is 280 g/mol. The lowest BCUT2D eigenvalue weighted by Gasteiger charge is -2.33. The van der Waals surface area contributed by atoms with Crippen LogP contribution in [0.25, 0.3) is 0 Å². The van der Waals surface area contributed by atoms with E-state index in [1.165, 1.54) is 5.56 Å². The summed E-state index contributed by atoms with van der Waals surface area (Å²) >= 11 is 0. The number of piperidine rings is 1. The third kappa shape index (κ3) is 4.08. The molecule has 0 aliphatic carbocycles. The number of carbonyl (C=O) groups excluding carboxylic acids is 1. The third-order valence-electron chi connectivity index (χ3n) is 4.54. The monoisotopic (exact) mass is 306 g/mol. The molecule has 0 aromatic carbocycles. The first-order valence-corrected chi connectivity index (χ1v) is 8.31. The summed E-state index contributed by atoms with van der Waals surface area (Å²) in [6, 6.07) is 0.675. The predicted octanol–water partition coefficient (Wildman–Crippen LogP) is 1.12. The zero-order valence-electron chi connectivity index (χ0n) is 13.3. The molecule has 1 aromatic heterocycles. The van der Waals surface area contributed by atoms with Gasteiger partial charge in [0.15, 0.2) is 0 Å². The van der Waals surface area contributed by atoms with Gasteiger partial charge in [0.2, 0.25) is 5.91 Å². The highest BCUT2D eigenvalue weighted by Gasteiger charge is 2.24. The number of amides is 1. The standard InChI is InChI=1S/C16H26N4O2/c1-13-9-17-20(10-13)15-3-2-6-19(11-15)12-16(21)18-14-4-7-22-8-5-14/h9-10,14-15H,2-8,11-12H2,1H3,(H,18,21). The molecule has 3 rings (SSSR count). The minimum atomic E-state index is 0.143. The number of aromatic nitrogens is 2. The van der Waals surface area contributed by atoms with Crippen LogP contribution in [-0.2, 0) is 9.53 Å². The maximum Gasteiger partial charge on any atom is 0.234 e. The highest BCUT2D eigenvalue weighted by Crippen LogP contribution is 2.21. The Morgan fingerprint density at radius 1 is 1.41 bits per heavy atom. The molecule has 2 saturated heterocycles. The number of nitrogens with one attached hydrogen (secondary N) is 1. The van der Waals surface area contributed by atoms with E-state index in [0.29, 0.717) is 12.6 Å². The van der Waals surface area contributed by atoms with E-state index in [4.69, 9.17) is 4.74 Å². The first-order chi connectivity index (χ1) is 10.7. The van der Waals surface area contributed by atoms with Gasteiger partial charge in [-0.15, -0.1) is 0 Å². The van der Waals surface area contributed by atoms with Crippen LogP contribution in [0.5, 0.6) is 0 Å². The summed E-state index contributed by atoms with van der Waals surface area (Å²) in [5, 5.41) is 7.56. The van der Waals surface area contributed by atoms with Gasteiger partial charge in [0.05, 0.1) is 18.8 Å². The summed E-state index contributed by atoms with van der Waals surface area (Å²) in [6.45, 7) is 5.98. The molecule has 0 radical (unpaired) electrons. The van der Waals surface area contributed by atoms with E-state index in [-0.39, 0.29) is 11.9 Å². The number of ether oxygens (including phenoxy) is 1. The molecule has 3 heterocycles. The van der Waals surface area contributed by atoms with Crippen molar-refractivity contribution in [3.8, 4) is 0 Å². The molecule has 0 spiro atoms. The van der Waals surface area contributed by atoms with Crippen LogP contribution in [0, 0.1) is 6.92 Å². The maximum atomic E-state index is 12.2. The SMILES string of the molecule is Cc1cnn(C2CCCN(CC(=O)NC3CCOCC3)C2)c1. The van der Waals surface area contributed by atoms with Crippen LogP contribution in [-0.4, -0.2) is 59.5 Å². The molecule has 2 aliphatic rings. The summed E-state index contributed by atoms with van der Waals surface area (Å²) in [4.78, 5) is 14.5. The molecule has 1 atom stereocenters. The molecule has 2 aliphatic heterocycles. The summed E-state index contributed by atoms with van der Waals surface area (Å²) in [5.41, 5.74) is 1.19. The van der Waals surface area contributed by atoms with Crippen molar-refractivity contribution < 1.29 is 9.53 Å². The third-order valence-corrected chi connectivity index (χ3v) is 4.54. The summed E-state index contributed by atoms with van der Waals surface area (Å²) in [6.07, 6.45) is 8.11. The van der Waals surface area contributed by atoms with Gasteiger partial charge >= 0.3 is 0 Å². The topological polar surface area (TPSA) is 59.4 Å². The highest BCUT2D eigenvalue weighted by atomic mass is 16.5. The normalized spacial score (nSPS) is 24.3. The molecule has 122 valence electrons. The second-order valence-electron chi connectivity index (χ2n) is 6.48. The lowest BCUT2D eigenvalue weighted by molar-refractivity contribution is -0.123. The second kappa shape index (κ2) is 7.24. The number of carbonyl (C=O) groups is 1. The fraction of sp³-hybridized carbons (Fsp3) is 0.750. The molecule has 1 amide bonds. The molecule has 6 nitrogen and oxygen atoms in total. The fourth-order valence-electron chi connectivity index (χ4n) is 3.34. The van der Waals surface area contributed by atoms with E-state index in [1.54, 1.807) is 0 Å². The van der Waals surface area contributed by atoms with E-state index in [2.05, 4.69) is 33.1 Å². The Bertz CT molecular complexity index is 496. The molecule has 22 heavy (non-hydrogen) atoms. The largest absolute Gasteiger partial charge is 0.381 e. The van der Waals surface area contributed by atoms with Gasteiger partial charge in [-0.1, -0.05) is 0 Å². The molecule has 0 saturated carbocycles. The maximum absolute atomic E-state index is 12.2. The number of rotatable bonds is 4. The number of likely N-dealkylation sites (tertiary alicyclic amines) is 1. The minimum Gasteiger partial charge on any atom is -0.381 e. The van der Waals surface area contributed by atoms with Crippen LogP contribution in [0.4, 0.5) is 0 Å². The Morgan fingerprint density at radius 3 is 2.95 bits per heavy atom. The van der Waals surface area contributed by atoms with E-state index in [9.17, 15) is 4.79 Å². The first kappa shape index (κ1) is 15.5. The summed E-state index contributed by atoms with van der Waals surface area (Å²) in [7, 11) is 0. The molecule has 1 N–H and O–H groups in total. The van der Waals surface area contributed by atoms with Crippen molar-refractivity contribution >= 4 is 5.91 Å². The smallest absolute Gasteiger partial charge is 0.234 e. The van der Waals surface area contributed by atoms with Gasteiger partial charge in [-0.05, 0) is 44.7 Å². The number of nitrogens with zero attached hydrogens (tertiary/aromatic N) is 3. The Morgan fingerprint density at radius 2 is 2.23 bits per heavy atom. The van der Waals surface area contributed by atoms with Crippen molar-refractivity contribution in [2.75, 3.05) is 32.8 Å². The van der Waals surface area contributed by atoms with E-state index in [1.807, 2.05) is 6.20 Å². The van der Waals surface area contributed by atoms with Gasteiger partial charge < -0.3 is 10.1 Å². The number of aryl methyl sites for hydroxylation is 1. The fourth-order valence-corrected chi connectivity index (χ4v) is 3.34. The van der Waals surface area contributed by atoms with Crippen molar-refractivity contribution in [1.82, 2.24) is 20.0 Å². The minimum absolute atomic E-state index is 0.143. The van der Waals surface area contributed by atoms with Crippen molar-refractivity contribution in [1.29, 1.82) is 0 Å². The van der Waals surface area contributed by atoms with Crippen molar-refractivity contribution in [2.24, 2.45) is 0 Å². The number of hydrogen-bond donors (Lipinski definition) is 1. The average Bonchev–Trinajstić information content (AvgIpc) is 2.95. The lowest BCUT2D eigenvalue weighted by Crippen LogP contribution is -2.46. The van der Waals surface area contributed by atoms with Gasteiger partial charge in [-0.2, -0.15) is 5.10 Å². The van der Waals surface area contributed by atoms with Gasteiger partial charge in [-0.25, -0.2) is 0 Å². The lowest BCUT2D eigenvalue weighted by atomic mass is 10.1. The Hall–Kier alpha value is -1.40. The molecule has 1 unspecified atom stereocenters. The van der Waals surface area contributed by atoms with Gasteiger partial charge in [0, 0.05) is 32.0 Å². The number of hydrogen-bond acceptors (Lipinski definition) is 4. The van der Waals surface area contributed by atoms with E-state index < -0.39 is 0 Å². The van der Waals surface area contributed by atoms with Crippen LogP contribution in [0.15, 0.2) is 12.4 Å². The van der Waals surface area contributed by atoms with E-state index in [0.717, 1.165) is 52.0 Å². The average molecular weight is 306 g/mol. The Kier molecular flexibility index (Phi) is 5.10. The second-order valence-corrected chi connectivity index (χ2v) is 6.48. The van der Waals surface area contributed by atoms with Gasteiger partial charge in [0.25, 0.3) is 0 Å². The Labute approximate surface area is 131 Å². The van der Waals surface area contributed by atoms with Crippen LogP contribution in [0.3, 0.4) is 0 Å². The zero-order valence-corrected chi connectivity index (χ0v) is 13.3. The van der Waals surface area contributed by atoms with Crippen molar-refractivity contribution in [3.63, 3.8) is 0 Å². The van der Waals surface area contributed by atoms with Gasteiger partial charge in [-0.3, -0.25) is 14.4 Å². The first-order valence-electron chi connectivity index (χ1n) is 8.31. The van der Waals surface area contributed by atoms with Crippen LogP contribution in [0.1, 0.15) is 37.3 Å². The molecule has 0 bridgehead atoms. The molecular formula is C16H26N4O2. The Balaban J connectivity index is 1.48. The zero-order chi connectivity index (χ0) is 15.4. The molecule has 1 aromatic rings. The van der Waals surface area contributed by atoms with Crippen molar-refractivity contribution in [3.05, 3.63) is 18.0 Å². The predicted molar refractivity (Wildman–Crippen MR) is 83.7 cm³/mol. The highest BCUT2D eigenvalue weighted by molar-refractivity contribution is 5.78. The summed E-state index contributed by atoms with van der Waals surface area (Å²) in [5.74, 6) is 0.143. The molecule has 2 fully saturated rings. The summed E-state index contributed by atoms with van der Waals surface area (Å²) < 4.78 is 7.38. The van der Waals surface area contributed by atoms with Crippen LogP contribution >= 0.6 is 0 Å². The van der Waals surface area contributed by atoms with Crippen LogP contribution in [0.2, 0.25) is 0 Å². The van der Waals surface area contributed by atoms with E-state index >= 15 is 0 Å². The van der Waals surface area contributed by atoms with Crippen LogP contribution < -0.4 is 5.32 Å².